The van der Waals surface area contributed by atoms with Crippen molar-refractivity contribution < 1.29 is 0 Å². The maximum absolute atomic E-state index is 11.9. The van der Waals surface area contributed by atoms with E-state index in [-0.39, 0.29) is 5.56 Å². The molecule has 1 fully saturated rings. The van der Waals surface area contributed by atoms with Crippen molar-refractivity contribution in [1.29, 1.82) is 0 Å². The van der Waals surface area contributed by atoms with Crippen LogP contribution in [0, 0.1) is 0 Å². The average molecular weight is 269 g/mol. The van der Waals surface area contributed by atoms with Crippen molar-refractivity contribution in [2.24, 2.45) is 0 Å². The monoisotopic (exact) mass is 268 g/mol. The summed E-state index contributed by atoms with van der Waals surface area (Å²) in [4.78, 5) is 11.9. The van der Waals surface area contributed by atoms with E-state index in [1.807, 2.05) is 0 Å². The second-order valence-corrected chi connectivity index (χ2v) is 5.02. The first kappa shape index (κ1) is 10.9. The summed E-state index contributed by atoms with van der Waals surface area (Å²) in [5.41, 5.74) is 1.47. The Morgan fingerprint density at radius 1 is 1.29 bits per heavy atom. The van der Waals surface area contributed by atoms with Gasteiger partial charge in [-0.25, -0.2) is 4.68 Å². The second kappa shape index (κ2) is 3.93. The molecule has 88 valence electrons. The van der Waals surface area contributed by atoms with Crippen LogP contribution in [0.5, 0.6) is 0 Å². The Kier molecular flexibility index (Phi) is 2.53. The number of hydrogen-bond acceptors (Lipinski definition) is 1. The van der Waals surface area contributed by atoms with Crippen molar-refractivity contribution in [2.45, 2.75) is 18.8 Å². The number of aromatic amines is 1. The van der Waals surface area contributed by atoms with Crippen LogP contribution in [0.25, 0.3) is 5.69 Å². The van der Waals surface area contributed by atoms with Crippen LogP contribution >= 0.6 is 23.2 Å². The van der Waals surface area contributed by atoms with Crippen LogP contribution in [0.3, 0.4) is 0 Å². The van der Waals surface area contributed by atoms with E-state index in [1.165, 1.54) is 4.68 Å². The first-order chi connectivity index (χ1) is 8.16. The number of nitrogens with zero attached hydrogens (tertiary/aromatic N) is 1. The summed E-state index contributed by atoms with van der Waals surface area (Å²) in [7, 11) is 0. The molecule has 1 N–H and O–H groups in total. The van der Waals surface area contributed by atoms with Crippen molar-refractivity contribution in [3.05, 3.63) is 50.4 Å². The second-order valence-electron chi connectivity index (χ2n) is 4.23. The van der Waals surface area contributed by atoms with Gasteiger partial charge in [0.1, 0.15) is 0 Å². The molecule has 0 bridgehead atoms. The van der Waals surface area contributed by atoms with E-state index in [0.717, 1.165) is 18.5 Å². The van der Waals surface area contributed by atoms with Gasteiger partial charge in [-0.1, -0.05) is 29.3 Å². The Bertz CT molecular complexity index is 626. The normalized spacial score (nSPS) is 15.2. The molecule has 1 saturated carbocycles. The molecule has 3 nitrogen and oxygen atoms in total. The Hall–Kier alpha value is -1.19. The zero-order valence-corrected chi connectivity index (χ0v) is 10.4. The van der Waals surface area contributed by atoms with E-state index in [4.69, 9.17) is 23.2 Å². The number of hydrogen-bond donors (Lipinski definition) is 1. The highest BCUT2D eigenvalue weighted by molar-refractivity contribution is 6.43. The summed E-state index contributed by atoms with van der Waals surface area (Å²) >= 11 is 12.0. The lowest BCUT2D eigenvalue weighted by atomic mass is 10.3. The predicted molar refractivity (Wildman–Crippen MR) is 68.4 cm³/mol. The molecule has 1 aromatic heterocycles. The van der Waals surface area contributed by atoms with E-state index in [1.54, 1.807) is 24.3 Å². The number of benzene rings is 1. The average Bonchev–Trinajstić information content (AvgIpc) is 3.07. The summed E-state index contributed by atoms with van der Waals surface area (Å²) in [5, 5.41) is 3.92. The molecule has 17 heavy (non-hydrogen) atoms. The lowest BCUT2D eigenvalue weighted by Gasteiger charge is -2.05. The summed E-state index contributed by atoms with van der Waals surface area (Å²) < 4.78 is 1.45. The van der Waals surface area contributed by atoms with Gasteiger partial charge in [0, 0.05) is 17.7 Å². The molecule has 1 heterocycles. The zero-order valence-electron chi connectivity index (χ0n) is 8.91. The molecule has 1 aromatic carbocycles. The SMILES string of the molecule is O=c1cc(C2CC2)[nH]n1-c1cccc(Cl)c1Cl. The maximum Gasteiger partial charge on any atom is 0.271 e. The van der Waals surface area contributed by atoms with Gasteiger partial charge in [0.15, 0.2) is 0 Å². The van der Waals surface area contributed by atoms with Crippen LogP contribution in [0.1, 0.15) is 24.5 Å². The van der Waals surface area contributed by atoms with Gasteiger partial charge in [0.2, 0.25) is 0 Å². The van der Waals surface area contributed by atoms with Crippen molar-refractivity contribution in [2.75, 3.05) is 0 Å². The molecular formula is C12H10Cl2N2O. The van der Waals surface area contributed by atoms with Crippen LogP contribution in [-0.2, 0) is 0 Å². The Labute approximate surface area is 108 Å². The summed E-state index contributed by atoms with van der Waals surface area (Å²) in [6, 6.07) is 6.87. The standard InChI is InChI=1S/C12H10Cl2N2O/c13-8-2-1-3-10(12(8)14)16-11(17)6-9(15-16)7-4-5-7/h1-3,6-7,15H,4-5H2. The minimum absolute atomic E-state index is 0.101. The van der Waals surface area contributed by atoms with Crippen LogP contribution in [0.2, 0.25) is 10.0 Å². The van der Waals surface area contributed by atoms with Crippen molar-refractivity contribution in [3.8, 4) is 5.69 Å². The zero-order chi connectivity index (χ0) is 12.0. The summed E-state index contributed by atoms with van der Waals surface area (Å²) in [5.74, 6) is 0.502. The molecular weight excluding hydrogens is 259 g/mol. The van der Waals surface area contributed by atoms with Crippen LogP contribution in [0.4, 0.5) is 0 Å². The first-order valence-electron chi connectivity index (χ1n) is 5.43. The fourth-order valence-corrected chi connectivity index (χ4v) is 2.24. The highest BCUT2D eigenvalue weighted by Gasteiger charge is 2.26. The molecule has 0 spiro atoms. The van der Waals surface area contributed by atoms with E-state index in [0.29, 0.717) is 21.7 Å². The predicted octanol–water partition coefficient (Wildman–Crippen LogP) is 3.35. The van der Waals surface area contributed by atoms with Crippen molar-refractivity contribution in [1.82, 2.24) is 9.78 Å². The summed E-state index contributed by atoms with van der Waals surface area (Å²) in [6.45, 7) is 0. The number of halogens is 2. The third-order valence-electron chi connectivity index (χ3n) is 2.93. The topological polar surface area (TPSA) is 37.8 Å². The molecule has 0 amide bonds. The number of H-pyrrole nitrogens is 1. The van der Waals surface area contributed by atoms with Gasteiger partial charge < -0.3 is 0 Å². The largest absolute Gasteiger partial charge is 0.295 e. The fourth-order valence-electron chi connectivity index (χ4n) is 1.86. The number of rotatable bonds is 2. The van der Waals surface area contributed by atoms with E-state index >= 15 is 0 Å². The third-order valence-corrected chi connectivity index (χ3v) is 3.74. The minimum Gasteiger partial charge on any atom is -0.295 e. The highest BCUT2D eigenvalue weighted by Crippen LogP contribution is 2.38. The molecule has 2 aromatic rings. The third kappa shape index (κ3) is 1.90. The van der Waals surface area contributed by atoms with Gasteiger partial charge in [-0.05, 0) is 25.0 Å². The number of nitrogens with one attached hydrogen (secondary N) is 1. The summed E-state index contributed by atoms with van der Waals surface area (Å²) in [6.07, 6.45) is 2.28. The quantitative estimate of drug-likeness (QED) is 0.891. The molecule has 0 aliphatic heterocycles. The molecule has 3 rings (SSSR count). The van der Waals surface area contributed by atoms with Gasteiger partial charge in [-0.2, -0.15) is 0 Å². The van der Waals surface area contributed by atoms with Crippen LogP contribution in [-0.4, -0.2) is 9.78 Å². The van der Waals surface area contributed by atoms with Gasteiger partial charge in [-0.3, -0.25) is 9.89 Å². The molecule has 0 unspecified atom stereocenters. The van der Waals surface area contributed by atoms with Gasteiger partial charge in [0.05, 0.1) is 15.7 Å². The minimum atomic E-state index is -0.101. The Morgan fingerprint density at radius 2 is 2.06 bits per heavy atom. The molecule has 0 saturated heterocycles. The Balaban J connectivity index is 2.14. The van der Waals surface area contributed by atoms with Gasteiger partial charge in [-0.15, -0.1) is 0 Å². The van der Waals surface area contributed by atoms with Crippen molar-refractivity contribution in [3.63, 3.8) is 0 Å². The fraction of sp³-hybridized carbons (Fsp3) is 0.250. The molecule has 1 aliphatic rings. The van der Waals surface area contributed by atoms with E-state index in [9.17, 15) is 4.79 Å². The van der Waals surface area contributed by atoms with Gasteiger partial charge >= 0.3 is 0 Å². The molecule has 0 radical (unpaired) electrons. The van der Waals surface area contributed by atoms with Crippen LogP contribution in [0.15, 0.2) is 29.1 Å². The first-order valence-corrected chi connectivity index (χ1v) is 6.19. The molecule has 5 heteroatoms. The van der Waals surface area contributed by atoms with E-state index in [2.05, 4.69) is 5.10 Å². The smallest absolute Gasteiger partial charge is 0.271 e. The van der Waals surface area contributed by atoms with Gasteiger partial charge in [0.25, 0.3) is 5.56 Å². The maximum atomic E-state index is 11.9. The van der Waals surface area contributed by atoms with Crippen LogP contribution < -0.4 is 5.56 Å². The Morgan fingerprint density at radius 3 is 2.76 bits per heavy atom. The van der Waals surface area contributed by atoms with Crippen molar-refractivity contribution >= 4 is 23.2 Å². The molecule has 0 atom stereocenters. The lowest BCUT2D eigenvalue weighted by Crippen LogP contribution is -2.13. The molecule has 1 aliphatic carbocycles. The highest BCUT2D eigenvalue weighted by atomic mass is 35.5. The lowest BCUT2D eigenvalue weighted by molar-refractivity contribution is 0.816. The number of aromatic nitrogens is 2. The van der Waals surface area contributed by atoms with E-state index < -0.39 is 0 Å².